The van der Waals surface area contributed by atoms with Crippen molar-refractivity contribution in [2.75, 3.05) is 0 Å². The summed E-state index contributed by atoms with van der Waals surface area (Å²) < 4.78 is 0. The second-order valence-electron chi connectivity index (χ2n) is 3.54. The largest absolute Gasteiger partial charge is 0.264 e. The van der Waals surface area contributed by atoms with Crippen LogP contribution in [0.15, 0.2) is 18.5 Å². The first kappa shape index (κ1) is 6.84. The van der Waals surface area contributed by atoms with Gasteiger partial charge in [0.1, 0.15) is 0 Å². The van der Waals surface area contributed by atoms with Gasteiger partial charge >= 0.3 is 0 Å². The van der Waals surface area contributed by atoms with E-state index in [2.05, 4.69) is 24.9 Å². The van der Waals surface area contributed by atoms with Crippen LogP contribution in [-0.2, 0) is 6.42 Å². The van der Waals surface area contributed by atoms with Crippen molar-refractivity contribution in [3.63, 3.8) is 0 Å². The Labute approximate surface area is 67.5 Å². The zero-order valence-electron chi connectivity index (χ0n) is 7.04. The highest BCUT2D eigenvalue weighted by atomic mass is 14.6. The molecule has 0 N–H and O–H groups in total. The lowest BCUT2D eigenvalue weighted by atomic mass is 9.97. The summed E-state index contributed by atoms with van der Waals surface area (Å²) in [7, 11) is 0. The van der Waals surface area contributed by atoms with Gasteiger partial charge in [0.25, 0.3) is 0 Å². The smallest absolute Gasteiger partial charge is 0.0302 e. The van der Waals surface area contributed by atoms with Gasteiger partial charge in [-0.05, 0) is 35.4 Å². The van der Waals surface area contributed by atoms with E-state index in [-0.39, 0.29) is 0 Å². The van der Waals surface area contributed by atoms with E-state index in [9.17, 15) is 0 Å². The van der Waals surface area contributed by atoms with Gasteiger partial charge in [-0.3, -0.25) is 4.98 Å². The summed E-state index contributed by atoms with van der Waals surface area (Å²) >= 11 is 0. The molecular weight excluding hydrogens is 134 g/mol. The Bertz CT molecular complexity index is 267. The minimum atomic E-state index is 0.730. The number of pyridine rings is 1. The Balaban J connectivity index is 2.47. The van der Waals surface area contributed by atoms with Crippen LogP contribution in [0.25, 0.3) is 0 Å². The van der Waals surface area contributed by atoms with Gasteiger partial charge in [-0.25, -0.2) is 0 Å². The number of hydrogen-bond donors (Lipinski definition) is 0. The van der Waals surface area contributed by atoms with Crippen molar-refractivity contribution < 1.29 is 0 Å². The van der Waals surface area contributed by atoms with E-state index >= 15 is 0 Å². The molecule has 58 valence electrons. The summed E-state index contributed by atoms with van der Waals surface area (Å²) in [5.41, 5.74) is 2.96. The predicted octanol–water partition coefficient (Wildman–Crippen LogP) is 2.38. The van der Waals surface area contributed by atoms with Crippen LogP contribution in [0.3, 0.4) is 0 Å². The zero-order valence-corrected chi connectivity index (χ0v) is 7.04. The van der Waals surface area contributed by atoms with E-state index in [0.717, 1.165) is 11.8 Å². The fourth-order valence-electron chi connectivity index (χ4n) is 1.88. The summed E-state index contributed by atoms with van der Waals surface area (Å²) in [6.07, 6.45) is 5.12. The first-order valence-corrected chi connectivity index (χ1v) is 4.22. The van der Waals surface area contributed by atoms with Crippen LogP contribution in [0.4, 0.5) is 0 Å². The van der Waals surface area contributed by atoms with Crippen LogP contribution >= 0.6 is 0 Å². The molecule has 0 unspecified atom stereocenters. The number of rotatable bonds is 0. The second kappa shape index (κ2) is 2.33. The lowest BCUT2D eigenvalue weighted by Gasteiger charge is -2.08. The molecule has 0 bridgehead atoms. The second-order valence-corrected chi connectivity index (χ2v) is 3.54. The van der Waals surface area contributed by atoms with Gasteiger partial charge in [-0.2, -0.15) is 0 Å². The molecule has 1 aromatic rings. The third kappa shape index (κ3) is 0.953. The van der Waals surface area contributed by atoms with E-state index in [4.69, 9.17) is 0 Å². The first-order valence-electron chi connectivity index (χ1n) is 4.22. The summed E-state index contributed by atoms with van der Waals surface area (Å²) in [6, 6.07) is 2.16. The SMILES string of the molecule is C[C@H]1Cc2cnccc2[C@@H]1C. The molecule has 0 spiro atoms. The topological polar surface area (TPSA) is 12.9 Å². The summed E-state index contributed by atoms with van der Waals surface area (Å²) in [6.45, 7) is 4.61. The van der Waals surface area contributed by atoms with E-state index in [0.29, 0.717) is 0 Å². The van der Waals surface area contributed by atoms with Gasteiger partial charge in [-0.15, -0.1) is 0 Å². The normalized spacial score (nSPS) is 28.5. The molecule has 1 aliphatic rings. The zero-order chi connectivity index (χ0) is 7.84. The molecular formula is C10H13N. The molecule has 1 aliphatic carbocycles. The van der Waals surface area contributed by atoms with Crippen molar-refractivity contribution >= 4 is 0 Å². The summed E-state index contributed by atoms with van der Waals surface area (Å²) in [5.74, 6) is 1.53. The molecule has 0 aromatic carbocycles. The van der Waals surface area contributed by atoms with Crippen molar-refractivity contribution in [3.8, 4) is 0 Å². The monoisotopic (exact) mass is 147 g/mol. The molecule has 0 radical (unpaired) electrons. The van der Waals surface area contributed by atoms with Crippen molar-refractivity contribution in [2.24, 2.45) is 5.92 Å². The van der Waals surface area contributed by atoms with E-state index in [1.807, 2.05) is 12.4 Å². The summed E-state index contributed by atoms with van der Waals surface area (Å²) in [4.78, 5) is 4.13. The van der Waals surface area contributed by atoms with Crippen LogP contribution < -0.4 is 0 Å². The Kier molecular flexibility index (Phi) is 1.45. The van der Waals surface area contributed by atoms with Crippen LogP contribution in [0.5, 0.6) is 0 Å². The van der Waals surface area contributed by atoms with Crippen molar-refractivity contribution in [2.45, 2.75) is 26.2 Å². The number of aromatic nitrogens is 1. The Hall–Kier alpha value is -0.850. The first-order chi connectivity index (χ1) is 5.29. The van der Waals surface area contributed by atoms with Gasteiger partial charge in [0.2, 0.25) is 0 Å². The number of hydrogen-bond acceptors (Lipinski definition) is 1. The van der Waals surface area contributed by atoms with E-state index in [1.165, 1.54) is 17.5 Å². The Morgan fingerprint density at radius 3 is 3.00 bits per heavy atom. The van der Waals surface area contributed by atoms with Gasteiger partial charge in [-0.1, -0.05) is 13.8 Å². The van der Waals surface area contributed by atoms with Crippen molar-refractivity contribution in [1.82, 2.24) is 4.98 Å². The molecule has 11 heavy (non-hydrogen) atoms. The molecule has 0 saturated carbocycles. The molecule has 2 atom stereocenters. The van der Waals surface area contributed by atoms with Crippen LogP contribution in [-0.4, -0.2) is 4.98 Å². The average Bonchev–Trinajstić information content (AvgIpc) is 2.30. The number of nitrogens with zero attached hydrogens (tertiary/aromatic N) is 1. The fourth-order valence-corrected chi connectivity index (χ4v) is 1.88. The van der Waals surface area contributed by atoms with Gasteiger partial charge < -0.3 is 0 Å². The highest BCUT2D eigenvalue weighted by molar-refractivity contribution is 5.32. The quantitative estimate of drug-likeness (QED) is 0.549. The lowest BCUT2D eigenvalue weighted by Crippen LogP contribution is -1.97. The molecule has 2 rings (SSSR count). The third-order valence-corrected chi connectivity index (χ3v) is 2.83. The molecule has 1 heteroatoms. The maximum absolute atomic E-state index is 4.13. The minimum absolute atomic E-state index is 0.730. The summed E-state index contributed by atoms with van der Waals surface area (Å²) in [5, 5.41) is 0. The Morgan fingerprint density at radius 2 is 2.27 bits per heavy atom. The van der Waals surface area contributed by atoms with Crippen LogP contribution in [0.2, 0.25) is 0 Å². The van der Waals surface area contributed by atoms with E-state index < -0.39 is 0 Å². The van der Waals surface area contributed by atoms with Crippen LogP contribution in [0.1, 0.15) is 30.9 Å². The molecule has 0 fully saturated rings. The standard InChI is InChI=1S/C10H13N/c1-7-5-9-6-11-4-3-10(9)8(7)2/h3-4,6-8H,5H2,1-2H3/t7-,8+/m0/s1. The van der Waals surface area contributed by atoms with E-state index in [1.54, 1.807) is 0 Å². The fraction of sp³-hybridized carbons (Fsp3) is 0.500. The van der Waals surface area contributed by atoms with Crippen molar-refractivity contribution in [3.05, 3.63) is 29.6 Å². The van der Waals surface area contributed by atoms with Gasteiger partial charge in [0, 0.05) is 12.4 Å². The molecule has 1 aromatic heterocycles. The average molecular weight is 147 g/mol. The van der Waals surface area contributed by atoms with Gasteiger partial charge in [0.05, 0.1) is 0 Å². The molecule has 1 heterocycles. The van der Waals surface area contributed by atoms with Crippen molar-refractivity contribution in [1.29, 1.82) is 0 Å². The molecule has 0 saturated heterocycles. The Morgan fingerprint density at radius 1 is 1.45 bits per heavy atom. The van der Waals surface area contributed by atoms with Gasteiger partial charge in [0.15, 0.2) is 0 Å². The lowest BCUT2D eigenvalue weighted by molar-refractivity contribution is 0.532. The maximum Gasteiger partial charge on any atom is 0.0302 e. The minimum Gasteiger partial charge on any atom is -0.264 e. The third-order valence-electron chi connectivity index (χ3n) is 2.83. The van der Waals surface area contributed by atoms with Crippen LogP contribution in [0, 0.1) is 5.92 Å². The predicted molar refractivity (Wildman–Crippen MR) is 45.5 cm³/mol. The highest BCUT2D eigenvalue weighted by Crippen LogP contribution is 2.36. The number of fused-ring (bicyclic) bond motifs is 1. The molecule has 0 aliphatic heterocycles. The highest BCUT2D eigenvalue weighted by Gasteiger charge is 2.24. The molecule has 0 amide bonds. The molecule has 1 nitrogen and oxygen atoms in total. The maximum atomic E-state index is 4.13.